The fourth-order valence-electron chi connectivity index (χ4n) is 1.02. The molecule has 1 N–H and O–H groups in total. The maximum Gasteiger partial charge on any atom is 0.203 e. The minimum Gasteiger partial charge on any atom is -0.292 e. The summed E-state index contributed by atoms with van der Waals surface area (Å²) >= 11 is 0. The zero-order valence-corrected chi connectivity index (χ0v) is 8.61. The molecule has 0 radical (unpaired) electrons. The Kier molecular flexibility index (Phi) is 3.58. The molecule has 0 aromatic heterocycles. The van der Waals surface area contributed by atoms with Crippen LogP contribution in [0.25, 0.3) is 0 Å². The Labute approximate surface area is 88.2 Å². The summed E-state index contributed by atoms with van der Waals surface area (Å²) in [5.74, 6) is -0.349. The van der Waals surface area contributed by atoms with E-state index in [0.717, 1.165) is 11.3 Å². The van der Waals surface area contributed by atoms with Crippen LogP contribution in [0.15, 0.2) is 29.4 Å². The van der Waals surface area contributed by atoms with Crippen LogP contribution in [0.5, 0.6) is 0 Å². The van der Waals surface area contributed by atoms with E-state index in [2.05, 4.69) is 10.5 Å². The number of rotatable bonds is 3. The number of Topliss-reactive ketones (excluding diaryl/α,β-unsaturated/α-hetero) is 1. The average Bonchev–Trinajstić information content (AvgIpc) is 2.18. The van der Waals surface area contributed by atoms with Gasteiger partial charge in [0.05, 0.1) is 5.69 Å². The third-order valence-corrected chi connectivity index (χ3v) is 1.75. The summed E-state index contributed by atoms with van der Waals surface area (Å²) in [7, 11) is 0. The van der Waals surface area contributed by atoms with Crippen LogP contribution in [-0.4, -0.2) is 11.5 Å². The number of carbonyl (C=O) groups excluding carboxylic acids is 1. The number of hydrazone groups is 1. The second kappa shape index (κ2) is 4.91. The summed E-state index contributed by atoms with van der Waals surface area (Å²) in [5.41, 5.74) is 4.37. The van der Waals surface area contributed by atoms with Crippen LogP contribution in [0.1, 0.15) is 12.5 Å². The number of anilines is 1. The monoisotopic (exact) mass is 201 g/mol. The van der Waals surface area contributed by atoms with Gasteiger partial charge >= 0.3 is 0 Å². The van der Waals surface area contributed by atoms with Crippen molar-refractivity contribution < 1.29 is 4.79 Å². The Balaban J connectivity index is 2.80. The average molecular weight is 201 g/mol. The number of carbonyl (C=O) groups is 1. The first-order valence-electron chi connectivity index (χ1n) is 4.45. The highest BCUT2D eigenvalue weighted by atomic mass is 16.1. The Morgan fingerprint density at radius 2 is 2.27 bits per heavy atom. The van der Waals surface area contributed by atoms with Gasteiger partial charge in [-0.2, -0.15) is 10.4 Å². The summed E-state index contributed by atoms with van der Waals surface area (Å²) in [6.45, 7) is 3.26. The second-order valence-electron chi connectivity index (χ2n) is 3.11. The van der Waals surface area contributed by atoms with Crippen LogP contribution in [-0.2, 0) is 4.79 Å². The summed E-state index contributed by atoms with van der Waals surface area (Å²) in [5, 5.41) is 12.3. The molecular formula is C11H11N3O. The van der Waals surface area contributed by atoms with Gasteiger partial charge in [0.2, 0.25) is 5.71 Å². The van der Waals surface area contributed by atoms with Crippen molar-refractivity contribution in [3.8, 4) is 6.07 Å². The molecule has 4 nitrogen and oxygen atoms in total. The van der Waals surface area contributed by atoms with Crippen molar-refractivity contribution in [1.29, 1.82) is 5.26 Å². The number of hydrogen-bond acceptors (Lipinski definition) is 4. The first-order chi connectivity index (χ1) is 7.13. The minimum absolute atomic E-state index is 0.128. The molecule has 0 amide bonds. The second-order valence-corrected chi connectivity index (χ2v) is 3.11. The quantitative estimate of drug-likeness (QED) is 0.599. The van der Waals surface area contributed by atoms with E-state index in [1.165, 1.54) is 6.92 Å². The fourth-order valence-corrected chi connectivity index (χ4v) is 1.02. The van der Waals surface area contributed by atoms with E-state index < -0.39 is 0 Å². The van der Waals surface area contributed by atoms with E-state index in [-0.39, 0.29) is 11.5 Å². The van der Waals surface area contributed by atoms with Gasteiger partial charge in [-0.05, 0) is 24.6 Å². The lowest BCUT2D eigenvalue weighted by atomic mass is 10.2. The molecular weight excluding hydrogens is 190 g/mol. The zero-order valence-electron chi connectivity index (χ0n) is 8.61. The van der Waals surface area contributed by atoms with Crippen molar-refractivity contribution in [3.05, 3.63) is 29.8 Å². The van der Waals surface area contributed by atoms with Gasteiger partial charge in [0.25, 0.3) is 0 Å². The minimum atomic E-state index is -0.349. The van der Waals surface area contributed by atoms with E-state index in [1.54, 1.807) is 6.07 Å². The lowest BCUT2D eigenvalue weighted by Gasteiger charge is -2.00. The largest absolute Gasteiger partial charge is 0.292 e. The van der Waals surface area contributed by atoms with Gasteiger partial charge in [0.1, 0.15) is 6.07 Å². The Hall–Kier alpha value is -2.15. The molecule has 1 aromatic carbocycles. The van der Waals surface area contributed by atoms with Crippen molar-refractivity contribution in [2.45, 2.75) is 13.8 Å². The molecule has 4 heteroatoms. The Morgan fingerprint density at radius 1 is 1.53 bits per heavy atom. The molecule has 1 aromatic rings. The van der Waals surface area contributed by atoms with Crippen LogP contribution in [0, 0.1) is 18.3 Å². The standard InChI is InChI=1S/C11H11N3O/c1-8-4-3-5-10(6-8)13-14-11(7-12)9(2)15/h3-6,13H,1-2H3/b14-11-. The molecule has 0 heterocycles. The van der Waals surface area contributed by atoms with Crippen LogP contribution in [0.2, 0.25) is 0 Å². The lowest BCUT2D eigenvalue weighted by Crippen LogP contribution is -2.09. The van der Waals surface area contributed by atoms with E-state index in [4.69, 9.17) is 5.26 Å². The van der Waals surface area contributed by atoms with Gasteiger partial charge in [-0.25, -0.2) is 0 Å². The van der Waals surface area contributed by atoms with Gasteiger partial charge in [-0.3, -0.25) is 10.2 Å². The normalized spacial score (nSPS) is 10.6. The van der Waals surface area contributed by atoms with Gasteiger partial charge in [-0.15, -0.1) is 0 Å². The number of ketones is 1. The molecule has 0 spiro atoms. The number of nitrogens with zero attached hydrogens (tertiary/aromatic N) is 2. The predicted octanol–water partition coefficient (Wildman–Crippen LogP) is 1.88. The van der Waals surface area contributed by atoms with Crippen molar-refractivity contribution in [3.63, 3.8) is 0 Å². The fraction of sp³-hybridized carbons (Fsp3) is 0.182. The summed E-state index contributed by atoms with van der Waals surface area (Å²) < 4.78 is 0. The molecule has 76 valence electrons. The molecule has 15 heavy (non-hydrogen) atoms. The highest BCUT2D eigenvalue weighted by molar-refractivity contribution is 6.45. The molecule has 0 aliphatic rings. The van der Waals surface area contributed by atoms with Crippen molar-refractivity contribution >= 4 is 17.2 Å². The van der Waals surface area contributed by atoms with Gasteiger partial charge < -0.3 is 0 Å². The summed E-state index contributed by atoms with van der Waals surface area (Å²) in [6, 6.07) is 9.23. The van der Waals surface area contributed by atoms with E-state index >= 15 is 0 Å². The van der Waals surface area contributed by atoms with Gasteiger partial charge in [0, 0.05) is 6.92 Å². The number of benzene rings is 1. The Morgan fingerprint density at radius 3 is 2.80 bits per heavy atom. The molecule has 0 fully saturated rings. The van der Waals surface area contributed by atoms with Crippen LogP contribution in [0.4, 0.5) is 5.69 Å². The predicted molar refractivity (Wildman–Crippen MR) is 58.5 cm³/mol. The van der Waals surface area contributed by atoms with Crippen molar-refractivity contribution in [1.82, 2.24) is 0 Å². The zero-order chi connectivity index (χ0) is 11.3. The Bertz CT molecular complexity index is 443. The third-order valence-electron chi connectivity index (χ3n) is 1.75. The molecule has 0 unspecified atom stereocenters. The molecule has 0 bridgehead atoms. The molecule has 0 atom stereocenters. The highest BCUT2D eigenvalue weighted by Crippen LogP contribution is 2.09. The first-order valence-corrected chi connectivity index (χ1v) is 4.45. The van der Waals surface area contributed by atoms with Crippen LogP contribution >= 0.6 is 0 Å². The van der Waals surface area contributed by atoms with Gasteiger partial charge in [-0.1, -0.05) is 12.1 Å². The maximum atomic E-state index is 10.9. The summed E-state index contributed by atoms with van der Waals surface area (Å²) in [4.78, 5) is 10.9. The third kappa shape index (κ3) is 3.24. The highest BCUT2D eigenvalue weighted by Gasteiger charge is 2.03. The topological polar surface area (TPSA) is 65.2 Å². The number of hydrogen-bond donors (Lipinski definition) is 1. The van der Waals surface area contributed by atoms with Crippen molar-refractivity contribution in [2.24, 2.45) is 5.10 Å². The first kappa shape index (κ1) is 10.9. The molecule has 0 aliphatic carbocycles. The number of aryl methyl sites for hydroxylation is 1. The molecule has 0 aliphatic heterocycles. The SMILES string of the molecule is CC(=O)/C(C#N)=N\Nc1cccc(C)c1. The summed E-state index contributed by atoms with van der Waals surface area (Å²) in [6.07, 6.45) is 0. The maximum absolute atomic E-state index is 10.9. The number of nitrogens with one attached hydrogen (secondary N) is 1. The molecule has 0 saturated heterocycles. The number of nitriles is 1. The van der Waals surface area contributed by atoms with E-state index in [9.17, 15) is 4.79 Å². The molecule has 1 rings (SSSR count). The van der Waals surface area contributed by atoms with Crippen molar-refractivity contribution in [2.75, 3.05) is 5.43 Å². The van der Waals surface area contributed by atoms with Crippen LogP contribution in [0.3, 0.4) is 0 Å². The smallest absolute Gasteiger partial charge is 0.203 e. The van der Waals surface area contributed by atoms with Gasteiger partial charge in [0.15, 0.2) is 5.78 Å². The van der Waals surface area contributed by atoms with E-state index in [1.807, 2.05) is 31.2 Å². The lowest BCUT2D eigenvalue weighted by molar-refractivity contribution is -0.110. The molecule has 0 saturated carbocycles. The van der Waals surface area contributed by atoms with Crippen LogP contribution < -0.4 is 5.43 Å². The van der Waals surface area contributed by atoms with E-state index in [0.29, 0.717) is 0 Å².